The summed E-state index contributed by atoms with van der Waals surface area (Å²) in [5.41, 5.74) is 6.84. The Labute approximate surface area is 207 Å². The molecule has 0 radical (unpaired) electrons. The van der Waals surface area contributed by atoms with Crippen LogP contribution in [0.15, 0.2) is 53.8 Å². The normalized spacial score (nSPS) is 19.4. The van der Waals surface area contributed by atoms with Gasteiger partial charge in [-0.15, -0.1) is 0 Å². The van der Waals surface area contributed by atoms with Crippen molar-refractivity contribution in [1.82, 2.24) is 38.8 Å². The van der Waals surface area contributed by atoms with Gasteiger partial charge in [0.2, 0.25) is 0 Å². The molecule has 7 rings (SSSR count). The predicted octanol–water partition coefficient (Wildman–Crippen LogP) is 2.32. The summed E-state index contributed by atoms with van der Waals surface area (Å²) < 4.78 is 5.56. The molecule has 9 nitrogen and oxygen atoms in total. The van der Waals surface area contributed by atoms with E-state index in [4.69, 9.17) is 4.98 Å². The zero-order chi connectivity index (χ0) is 24.4. The standard InChI is InChI=1S/C26H25BN8O/c1-3-34-22-13-29-21-7-6-20(16-4-5-19(28-11-16)17-12-30-32(2)14-17)31-24(21)25(22)35(26(34)36)18-8-9-33(15-18)23-10-27-23/h4-7,10-14,18,23H,3,8-9,15H2,1-2H3. The van der Waals surface area contributed by atoms with E-state index >= 15 is 0 Å². The van der Waals surface area contributed by atoms with Crippen LogP contribution in [0.2, 0.25) is 0 Å². The predicted molar refractivity (Wildman–Crippen MR) is 141 cm³/mol. The van der Waals surface area contributed by atoms with E-state index in [1.165, 1.54) is 0 Å². The molecule has 0 bridgehead atoms. The number of fused-ring (bicyclic) bond motifs is 3. The molecule has 1 saturated heterocycles. The van der Waals surface area contributed by atoms with Crippen molar-refractivity contribution in [2.24, 2.45) is 7.05 Å². The molecule has 0 saturated carbocycles. The van der Waals surface area contributed by atoms with E-state index < -0.39 is 0 Å². The molecule has 5 aromatic rings. The number of nitrogens with zero attached hydrogens (tertiary/aromatic N) is 8. The van der Waals surface area contributed by atoms with E-state index in [2.05, 4.69) is 32.9 Å². The van der Waals surface area contributed by atoms with Crippen LogP contribution in [0.1, 0.15) is 19.4 Å². The molecule has 0 N–H and O–H groups in total. The Bertz CT molecular complexity index is 1710. The van der Waals surface area contributed by atoms with Crippen molar-refractivity contribution in [2.75, 3.05) is 13.1 Å². The average Bonchev–Trinajstić information content (AvgIpc) is 3.34. The zero-order valence-electron chi connectivity index (χ0n) is 20.2. The summed E-state index contributed by atoms with van der Waals surface area (Å²) in [4.78, 5) is 30.4. The maximum atomic E-state index is 13.6. The van der Waals surface area contributed by atoms with Gasteiger partial charge in [0, 0.05) is 18.8 Å². The van der Waals surface area contributed by atoms with Gasteiger partial charge in [0.1, 0.15) is 0 Å². The maximum absolute atomic E-state index is 13.6. The van der Waals surface area contributed by atoms with Crippen LogP contribution >= 0.6 is 0 Å². The van der Waals surface area contributed by atoms with E-state index in [1.807, 2.05) is 66.0 Å². The molecule has 2 atom stereocenters. The fourth-order valence-corrected chi connectivity index (χ4v) is 5.42. The summed E-state index contributed by atoms with van der Waals surface area (Å²) in [7, 11) is 1.89. The van der Waals surface area contributed by atoms with Gasteiger partial charge in [-0.2, -0.15) is 5.10 Å². The van der Waals surface area contributed by atoms with E-state index in [-0.39, 0.29) is 11.7 Å². The van der Waals surface area contributed by atoms with Gasteiger partial charge < -0.3 is 0 Å². The number of hydrogen-bond acceptors (Lipinski definition) is 6. The molecule has 178 valence electrons. The van der Waals surface area contributed by atoms with Crippen molar-refractivity contribution in [3.63, 3.8) is 0 Å². The number of likely N-dealkylation sites (tertiary alicyclic amines) is 1. The average molecular weight is 476 g/mol. The summed E-state index contributed by atoms with van der Waals surface area (Å²) in [6, 6.07) is 8.08. The van der Waals surface area contributed by atoms with Crippen LogP contribution in [0.3, 0.4) is 0 Å². The number of hydrogen-bond donors (Lipinski definition) is 0. The van der Waals surface area contributed by atoms with Crippen LogP contribution in [0.4, 0.5) is 0 Å². The first-order chi connectivity index (χ1) is 17.6. The second kappa shape index (κ2) is 8.06. The molecule has 0 spiro atoms. The molecular weight excluding hydrogens is 451 g/mol. The quantitative estimate of drug-likeness (QED) is 0.362. The van der Waals surface area contributed by atoms with Crippen molar-refractivity contribution in [3.05, 3.63) is 59.5 Å². The van der Waals surface area contributed by atoms with E-state index in [0.29, 0.717) is 12.5 Å². The first kappa shape index (κ1) is 21.4. The molecule has 1 fully saturated rings. The minimum absolute atomic E-state index is 0.0205. The first-order valence-corrected chi connectivity index (χ1v) is 12.4. The number of pyridine rings is 3. The summed E-state index contributed by atoms with van der Waals surface area (Å²) in [6.07, 6.45) is 8.36. The van der Waals surface area contributed by atoms with Crippen LogP contribution in [-0.4, -0.2) is 70.7 Å². The van der Waals surface area contributed by atoms with Crippen LogP contribution < -0.4 is 5.69 Å². The Kier molecular flexibility index (Phi) is 4.79. The summed E-state index contributed by atoms with van der Waals surface area (Å²) >= 11 is 0. The van der Waals surface area contributed by atoms with E-state index in [0.717, 1.165) is 64.1 Å². The van der Waals surface area contributed by atoms with Crippen LogP contribution in [0.5, 0.6) is 0 Å². The Morgan fingerprint density at radius 1 is 1.06 bits per heavy atom. The van der Waals surface area contributed by atoms with Gasteiger partial charge >= 0.3 is 167 Å². The van der Waals surface area contributed by atoms with Gasteiger partial charge in [0.25, 0.3) is 0 Å². The van der Waals surface area contributed by atoms with Crippen molar-refractivity contribution < 1.29 is 0 Å². The van der Waals surface area contributed by atoms with Crippen LogP contribution in [-0.2, 0) is 13.6 Å². The fourth-order valence-electron chi connectivity index (χ4n) is 5.42. The van der Waals surface area contributed by atoms with E-state index in [1.54, 1.807) is 10.9 Å². The molecule has 2 unspecified atom stereocenters. The summed E-state index contributed by atoms with van der Waals surface area (Å²) in [5, 5.41) is 4.23. The van der Waals surface area contributed by atoms with Crippen LogP contribution in [0.25, 0.3) is 44.6 Å². The van der Waals surface area contributed by atoms with Crippen molar-refractivity contribution in [1.29, 1.82) is 0 Å². The Morgan fingerprint density at radius 2 is 1.92 bits per heavy atom. The minimum atomic E-state index is 0.0205. The van der Waals surface area contributed by atoms with Crippen molar-refractivity contribution >= 4 is 35.0 Å². The topological polar surface area (TPSA) is 86.7 Å². The number of imidazole rings is 1. The monoisotopic (exact) mass is 476 g/mol. The van der Waals surface area contributed by atoms with Crippen molar-refractivity contribution in [2.45, 2.75) is 31.9 Å². The van der Waals surface area contributed by atoms with Crippen LogP contribution in [0, 0.1) is 0 Å². The molecule has 0 aromatic carbocycles. The molecular formula is C26H25BN8O. The third kappa shape index (κ3) is 3.36. The third-order valence-electron chi connectivity index (χ3n) is 7.36. The summed E-state index contributed by atoms with van der Waals surface area (Å²) in [5.74, 6) is 2.66. The molecule has 0 aliphatic carbocycles. The molecule has 0 amide bonds. The molecule has 2 aliphatic heterocycles. The SMILES string of the molecule is CCn1c(=O)n(C2CCN(C3B=C3)C2)c2c3nc(-c4ccc(-c5cnn(C)c5)nc4)ccc3ncc21. The van der Waals surface area contributed by atoms with Crippen molar-refractivity contribution in [3.8, 4) is 22.5 Å². The van der Waals surface area contributed by atoms with Gasteiger partial charge in [-0.25, -0.2) is 0 Å². The summed E-state index contributed by atoms with van der Waals surface area (Å²) in [6.45, 7) is 6.66. The molecule has 2 aliphatic rings. The Hall–Kier alpha value is -3.92. The number of aryl methyl sites for hydroxylation is 2. The molecule has 7 heterocycles. The van der Waals surface area contributed by atoms with Gasteiger partial charge in [-0.3, -0.25) is 4.68 Å². The first-order valence-electron chi connectivity index (χ1n) is 12.4. The molecule has 5 aromatic heterocycles. The fraction of sp³-hybridized carbons (Fsp3) is 0.308. The second-order valence-electron chi connectivity index (χ2n) is 9.60. The molecule has 10 heteroatoms. The Morgan fingerprint density at radius 3 is 2.64 bits per heavy atom. The van der Waals surface area contributed by atoms with Gasteiger partial charge in [-0.1, -0.05) is 0 Å². The third-order valence-corrected chi connectivity index (χ3v) is 7.36. The van der Waals surface area contributed by atoms with Gasteiger partial charge in [-0.05, 0) is 0 Å². The number of aromatic nitrogens is 7. The number of rotatable bonds is 5. The zero-order valence-corrected chi connectivity index (χ0v) is 20.2. The Balaban J connectivity index is 1.35. The van der Waals surface area contributed by atoms with Gasteiger partial charge in [0.05, 0.1) is 11.9 Å². The molecule has 36 heavy (non-hydrogen) atoms. The van der Waals surface area contributed by atoms with Gasteiger partial charge in [0.15, 0.2) is 0 Å². The van der Waals surface area contributed by atoms with E-state index in [9.17, 15) is 4.79 Å². The second-order valence-corrected chi connectivity index (χ2v) is 9.60.